The second-order valence-electron chi connectivity index (χ2n) is 6.06. The Morgan fingerprint density at radius 2 is 1.54 bits per heavy atom. The van der Waals surface area contributed by atoms with Crippen molar-refractivity contribution in [2.24, 2.45) is 0 Å². The van der Waals surface area contributed by atoms with Gasteiger partial charge < -0.3 is 0 Å². The van der Waals surface area contributed by atoms with E-state index in [-0.39, 0.29) is 5.56 Å². The number of carbonyl (C=O) groups excluding carboxylic acids is 1. The van der Waals surface area contributed by atoms with E-state index in [1.165, 1.54) is 11.3 Å². The number of carbonyl (C=O) groups is 1. The fourth-order valence-corrected chi connectivity index (χ4v) is 3.48. The van der Waals surface area contributed by atoms with Crippen LogP contribution in [0.3, 0.4) is 0 Å². The van der Waals surface area contributed by atoms with Crippen LogP contribution in [0.1, 0.15) is 10.4 Å². The fraction of sp³-hybridized carbons (Fsp3) is 0. The van der Waals surface area contributed by atoms with Gasteiger partial charge in [0, 0.05) is 17.0 Å². The highest BCUT2D eigenvalue weighted by atomic mass is 32.1. The number of hydrogen-bond donors (Lipinski definition) is 1. The Balaban J connectivity index is 1.50. The van der Waals surface area contributed by atoms with Crippen LogP contribution in [-0.4, -0.2) is 10.9 Å². The van der Waals surface area contributed by atoms with E-state index in [1.807, 2.05) is 60.0 Å². The number of aromatic nitrogens is 1. The molecule has 3 aromatic carbocycles. The third kappa shape index (κ3) is 3.82. The molecule has 1 aromatic heterocycles. The molecule has 0 aliphatic carbocycles. The van der Waals surface area contributed by atoms with E-state index in [1.54, 1.807) is 0 Å². The molecule has 1 heterocycles. The summed E-state index contributed by atoms with van der Waals surface area (Å²) in [6.45, 7) is 0. The highest BCUT2D eigenvalue weighted by Crippen LogP contribution is 2.28. The zero-order valence-electron chi connectivity index (χ0n) is 14.5. The van der Waals surface area contributed by atoms with E-state index in [9.17, 15) is 13.6 Å². The molecule has 0 fully saturated rings. The lowest BCUT2D eigenvalue weighted by Gasteiger charge is -2.04. The van der Waals surface area contributed by atoms with Crippen molar-refractivity contribution in [3.63, 3.8) is 0 Å². The van der Waals surface area contributed by atoms with Gasteiger partial charge in [0.2, 0.25) is 0 Å². The van der Waals surface area contributed by atoms with E-state index in [0.717, 1.165) is 28.8 Å². The Hall–Kier alpha value is -3.38. The summed E-state index contributed by atoms with van der Waals surface area (Å²) in [5.41, 5.74) is 3.61. The highest BCUT2D eigenvalue weighted by molar-refractivity contribution is 7.14. The van der Waals surface area contributed by atoms with Crippen LogP contribution in [0.25, 0.3) is 22.4 Å². The van der Waals surface area contributed by atoms with Gasteiger partial charge in [-0.2, -0.15) is 0 Å². The number of rotatable bonds is 4. The second kappa shape index (κ2) is 7.70. The molecule has 6 heteroatoms. The van der Waals surface area contributed by atoms with E-state index in [0.29, 0.717) is 16.9 Å². The van der Waals surface area contributed by atoms with Gasteiger partial charge in [0.25, 0.3) is 5.91 Å². The molecule has 0 atom stereocenters. The standard InChI is InChI=1S/C22H14F2N2OS/c23-17-10-11-18(19(24)12-17)21(27)26-22-25-20(13-28-22)16-8-6-15(7-9-16)14-4-2-1-3-5-14/h1-13H,(H,25,26,27). The monoisotopic (exact) mass is 392 g/mol. The van der Waals surface area contributed by atoms with E-state index < -0.39 is 17.5 Å². The second-order valence-corrected chi connectivity index (χ2v) is 6.92. The normalized spacial score (nSPS) is 10.6. The zero-order chi connectivity index (χ0) is 19.5. The molecule has 4 rings (SSSR count). The first-order valence-electron chi connectivity index (χ1n) is 8.48. The molecular weight excluding hydrogens is 378 g/mol. The predicted molar refractivity (Wildman–Crippen MR) is 107 cm³/mol. The molecule has 28 heavy (non-hydrogen) atoms. The van der Waals surface area contributed by atoms with E-state index >= 15 is 0 Å². The number of thiazole rings is 1. The smallest absolute Gasteiger partial charge is 0.260 e. The SMILES string of the molecule is O=C(Nc1nc(-c2ccc(-c3ccccc3)cc2)cs1)c1ccc(F)cc1F. The van der Waals surface area contributed by atoms with Gasteiger partial charge in [0.15, 0.2) is 5.13 Å². The summed E-state index contributed by atoms with van der Waals surface area (Å²) < 4.78 is 26.7. The molecule has 0 aliphatic rings. The van der Waals surface area contributed by atoms with Crippen LogP contribution in [0.15, 0.2) is 78.2 Å². The van der Waals surface area contributed by atoms with Gasteiger partial charge in [0.05, 0.1) is 11.3 Å². The van der Waals surface area contributed by atoms with Gasteiger partial charge in [-0.25, -0.2) is 13.8 Å². The average Bonchev–Trinajstić information content (AvgIpc) is 3.17. The third-order valence-electron chi connectivity index (χ3n) is 4.19. The number of nitrogens with zero attached hydrogens (tertiary/aromatic N) is 1. The van der Waals surface area contributed by atoms with Crippen molar-refractivity contribution in [3.05, 3.63) is 95.4 Å². The predicted octanol–water partition coefficient (Wildman–Crippen LogP) is 6.01. The van der Waals surface area contributed by atoms with Crippen molar-refractivity contribution in [3.8, 4) is 22.4 Å². The van der Waals surface area contributed by atoms with Gasteiger partial charge in [-0.05, 0) is 23.3 Å². The summed E-state index contributed by atoms with van der Waals surface area (Å²) in [5, 5.41) is 4.71. The lowest BCUT2D eigenvalue weighted by atomic mass is 10.0. The van der Waals surface area contributed by atoms with Crippen molar-refractivity contribution >= 4 is 22.4 Å². The molecule has 0 bridgehead atoms. The number of halogens is 2. The van der Waals surface area contributed by atoms with Crippen LogP contribution in [0.4, 0.5) is 13.9 Å². The van der Waals surface area contributed by atoms with Crippen molar-refractivity contribution in [1.29, 1.82) is 0 Å². The molecular formula is C22H14F2N2OS. The maximum absolute atomic E-state index is 13.7. The average molecular weight is 392 g/mol. The van der Waals surface area contributed by atoms with Crippen molar-refractivity contribution in [2.45, 2.75) is 0 Å². The first-order chi connectivity index (χ1) is 13.6. The van der Waals surface area contributed by atoms with Gasteiger partial charge in [0.1, 0.15) is 11.6 Å². The molecule has 0 spiro atoms. The van der Waals surface area contributed by atoms with Gasteiger partial charge in [-0.1, -0.05) is 54.6 Å². The minimum absolute atomic E-state index is 0.231. The van der Waals surface area contributed by atoms with Crippen molar-refractivity contribution in [1.82, 2.24) is 4.98 Å². The lowest BCUT2D eigenvalue weighted by Crippen LogP contribution is -2.13. The number of amides is 1. The van der Waals surface area contributed by atoms with Gasteiger partial charge >= 0.3 is 0 Å². The van der Waals surface area contributed by atoms with E-state index in [4.69, 9.17) is 0 Å². The molecule has 0 aliphatic heterocycles. The molecule has 1 N–H and O–H groups in total. The molecule has 4 aromatic rings. The largest absolute Gasteiger partial charge is 0.298 e. The first kappa shape index (κ1) is 18.0. The van der Waals surface area contributed by atoms with Crippen LogP contribution >= 0.6 is 11.3 Å². The fourth-order valence-electron chi connectivity index (χ4n) is 2.77. The van der Waals surface area contributed by atoms with Crippen LogP contribution < -0.4 is 5.32 Å². The Labute approximate surface area is 164 Å². The van der Waals surface area contributed by atoms with Crippen LogP contribution in [0.2, 0.25) is 0 Å². The third-order valence-corrected chi connectivity index (χ3v) is 4.95. The van der Waals surface area contributed by atoms with Crippen LogP contribution in [0.5, 0.6) is 0 Å². The van der Waals surface area contributed by atoms with Crippen LogP contribution in [0, 0.1) is 11.6 Å². The summed E-state index contributed by atoms with van der Waals surface area (Å²) in [7, 11) is 0. The molecule has 0 unspecified atom stereocenters. The Kier molecular flexibility index (Phi) is 4.95. The lowest BCUT2D eigenvalue weighted by molar-refractivity contribution is 0.102. The zero-order valence-corrected chi connectivity index (χ0v) is 15.3. The molecule has 3 nitrogen and oxygen atoms in total. The molecule has 1 amide bonds. The topological polar surface area (TPSA) is 42.0 Å². The minimum atomic E-state index is -0.911. The summed E-state index contributed by atoms with van der Waals surface area (Å²) in [6.07, 6.45) is 0. The summed E-state index contributed by atoms with van der Waals surface area (Å²) in [5.74, 6) is -2.31. The number of anilines is 1. The Morgan fingerprint density at radius 1 is 0.857 bits per heavy atom. The van der Waals surface area contributed by atoms with Gasteiger partial charge in [-0.15, -0.1) is 11.3 Å². The molecule has 138 valence electrons. The Bertz CT molecular complexity index is 1130. The maximum atomic E-state index is 13.7. The van der Waals surface area contributed by atoms with Gasteiger partial charge in [-0.3, -0.25) is 10.1 Å². The maximum Gasteiger partial charge on any atom is 0.260 e. The first-order valence-corrected chi connectivity index (χ1v) is 9.36. The molecule has 0 saturated heterocycles. The summed E-state index contributed by atoms with van der Waals surface area (Å²) in [6, 6.07) is 20.8. The summed E-state index contributed by atoms with van der Waals surface area (Å²) in [4.78, 5) is 16.6. The Morgan fingerprint density at radius 3 is 2.25 bits per heavy atom. The molecule has 0 radical (unpaired) electrons. The number of hydrogen-bond acceptors (Lipinski definition) is 3. The molecule has 0 saturated carbocycles. The van der Waals surface area contributed by atoms with E-state index in [2.05, 4.69) is 10.3 Å². The number of nitrogens with one attached hydrogen (secondary N) is 1. The highest BCUT2D eigenvalue weighted by Gasteiger charge is 2.14. The van der Waals surface area contributed by atoms with Crippen molar-refractivity contribution < 1.29 is 13.6 Å². The summed E-state index contributed by atoms with van der Waals surface area (Å²) >= 11 is 1.24. The number of benzene rings is 3. The quantitative estimate of drug-likeness (QED) is 0.462. The van der Waals surface area contributed by atoms with Crippen molar-refractivity contribution in [2.75, 3.05) is 5.32 Å². The minimum Gasteiger partial charge on any atom is -0.298 e. The van der Waals surface area contributed by atoms with Crippen LogP contribution in [-0.2, 0) is 0 Å².